The third-order valence-corrected chi connectivity index (χ3v) is 3.72. The number of carbonyl (C=O) groups excluding carboxylic acids is 2. The fourth-order valence-electron chi connectivity index (χ4n) is 2.21. The lowest BCUT2D eigenvalue weighted by atomic mass is 10.1. The van der Waals surface area contributed by atoms with Crippen molar-refractivity contribution in [2.75, 3.05) is 32.1 Å². The van der Waals surface area contributed by atoms with Crippen molar-refractivity contribution in [3.63, 3.8) is 0 Å². The number of rotatable bonds is 6. The van der Waals surface area contributed by atoms with E-state index < -0.39 is 23.5 Å². The fourth-order valence-corrected chi connectivity index (χ4v) is 2.51. The van der Waals surface area contributed by atoms with Crippen LogP contribution >= 0.6 is 12.2 Å². The molecule has 24 heavy (non-hydrogen) atoms. The molecule has 0 bridgehead atoms. The van der Waals surface area contributed by atoms with Crippen LogP contribution in [0.3, 0.4) is 0 Å². The highest BCUT2D eigenvalue weighted by Gasteiger charge is 2.38. The van der Waals surface area contributed by atoms with Gasteiger partial charge in [0, 0.05) is 12.8 Å². The second-order valence-corrected chi connectivity index (χ2v) is 6.02. The van der Waals surface area contributed by atoms with E-state index in [9.17, 15) is 14.0 Å². The molecule has 128 valence electrons. The van der Waals surface area contributed by atoms with Crippen LogP contribution in [0.4, 0.5) is 10.1 Å². The van der Waals surface area contributed by atoms with Crippen LogP contribution < -0.4 is 10.2 Å². The van der Waals surface area contributed by atoms with Crippen molar-refractivity contribution in [1.82, 2.24) is 10.2 Å². The van der Waals surface area contributed by atoms with Crippen LogP contribution in [0.15, 0.2) is 29.3 Å². The number of thiocarbonyl (C=S) groups is 1. The zero-order valence-electron chi connectivity index (χ0n) is 13.5. The second kappa shape index (κ2) is 8.07. The molecule has 1 atom stereocenters. The Hall–Kier alpha value is -2.19. The topological polar surface area (TPSA) is 65.0 Å². The zero-order chi connectivity index (χ0) is 17.7. The van der Waals surface area contributed by atoms with Crippen LogP contribution in [-0.2, 0) is 9.59 Å². The molecule has 0 saturated carbocycles. The summed E-state index contributed by atoms with van der Waals surface area (Å²) >= 11 is 5.06. The minimum absolute atomic E-state index is 0.0196. The first-order chi connectivity index (χ1) is 11.4. The molecule has 1 aliphatic heterocycles. The van der Waals surface area contributed by atoms with Crippen molar-refractivity contribution < 1.29 is 14.0 Å². The normalized spacial score (nSPS) is 18.6. The minimum Gasteiger partial charge on any atom is -0.309 e. The van der Waals surface area contributed by atoms with Crippen LogP contribution in [-0.4, -0.2) is 55.2 Å². The molecule has 8 heteroatoms. The van der Waals surface area contributed by atoms with E-state index in [1.54, 1.807) is 0 Å². The van der Waals surface area contributed by atoms with E-state index in [2.05, 4.69) is 10.3 Å². The first kappa shape index (κ1) is 18.2. The van der Waals surface area contributed by atoms with E-state index in [0.717, 1.165) is 13.0 Å². The third-order valence-electron chi connectivity index (χ3n) is 3.43. The molecular formula is C16H19FN4O2S. The predicted molar refractivity (Wildman–Crippen MR) is 94.6 cm³/mol. The van der Waals surface area contributed by atoms with E-state index in [-0.39, 0.29) is 5.11 Å². The Bertz CT molecular complexity index is 661. The van der Waals surface area contributed by atoms with Gasteiger partial charge in [-0.25, -0.2) is 4.39 Å². The molecule has 1 fully saturated rings. The van der Waals surface area contributed by atoms with Gasteiger partial charge in [-0.1, -0.05) is 0 Å². The van der Waals surface area contributed by atoms with Gasteiger partial charge in [-0.2, -0.15) is 0 Å². The summed E-state index contributed by atoms with van der Waals surface area (Å²) in [7, 11) is 3.92. The minimum atomic E-state index is -1.04. The van der Waals surface area contributed by atoms with E-state index in [4.69, 9.17) is 12.2 Å². The van der Waals surface area contributed by atoms with Crippen molar-refractivity contribution in [2.45, 2.75) is 6.42 Å². The number of benzene rings is 1. The lowest BCUT2D eigenvalue weighted by molar-refractivity contribution is -0.130. The first-order valence-electron chi connectivity index (χ1n) is 7.49. The van der Waals surface area contributed by atoms with E-state index in [0.29, 0.717) is 12.2 Å². The predicted octanol–water partition coefficient (Wildman–Crippen LogP) is 1.21. The summed E-state index contributed by atoms with van der Waals surface area (Å²) in [5, 5.41) is 2.47. The van der Waals surface area contributed by atoms with Gasteiger partial charge in [0.05, 0.1) is 5.69 Å². The van der Waals surface area contributed by atoms with Crippen LogP contribution in [0, 0.1) is 11.7 Å². The average Bonchev–Trinajstić information content (AvgIpc) is 2.51. The molecule has 0 radical (unpaired) electrons. The van der Waals surface area contributed by atoms with Crippen LogP contribution in [0.1, 0.15) is 6.42 Å². The molecule has 0 aliphatic carbocycles. The smallest absolute Gasteiger partial charge is 0.251 e. The molecular weight excluding hydrogens is 331 g/mol. The summed E-state index contributed by atoms with van der Waals surface area (Å²) in [6.45, 7) is 1.39. The molecule has 1 saturated heterocycles. The maximum Gasteiger partial charge on any atom is 0.251 e. The number of anilines is 1. The van der Waals surface area contributed by atoms with Gasteiger partial charge in [-0.3, -0.25) is 19.5 Å². The molecule has 2 rings (SSSR count). The van der Waals surface area contributed by atoms with Crippen LogP contribution in [0.2, 0.25) is 0 Å². The molecule has 1 unspecified atom stereocenters. The number of aliphatic imine (C=N–C) groups is 1. The van der Waals surface area contributed by atoms with Crippen LogP contribution in [0.25, 0.3) is 0 Å². The first-order valence-corrected chi connectivity index (χ1v) is 7.90. The lowest BCUT2D eigenvalue weighted by Crippen LogP contribution is -2.58. The highest BCUT2D eigenvalue weighted by atomic mass is 32.1. The molecule has 6 nitrogen and oxygen atoms in total. The van der Waals surface area contributed by atoms with E-state index in [1.165, 1.54) is 35.4 Å². The Morgan fingerprint density at radius 1 is 1.33 bits per heavy atom. The molecule has 2 amide bonds. The fraction of sp³-hybridized carbons (Fsp3) is 0.375. The average molecular weight is 350 g/mol. The quantitative estimate of drug-likeness (QED) is 0.363. The summed E-state index contributed by atoms with van der Waals surface area (Å²) in [6, 6.07) is 5.32. The zero-order valence-corrected chi connectivity index (χ0v) is 14.3. The molecule has 0 aromatic heterocycles. The standard InChI is InChI=1S/C16H19FN4O2S/c1-20(2)9-3-8-18-10-13-14(22)19-16(24)21(15(13)23)12-6-4-11(17)5-7-12/h4-7,10,13H,3,8-9H2,1-2H3,(H,19,22,24). The molecule has 1 N–H and O–H groups in total. The van der Waals surface area contributed by atoms with Gasteiger partial charge in [0.2, 0.25) is 5.91 Å². The second-order valence-electron chi connectivity index (χ2n) is 5.63. The molecule has 0 spiro atoms. The van der Waals surface area contributed by atoms with Gasteiger partial charge >= 0.3 is 0 Å². The Balaban J connectivity index is 2.10. The Kier molecular flexibility index (Phi) is 6.10. The van der Waals surface area contributed by atoms with Crippen LogP contribution in [0.5, 0.6) is 0 Å². The van der Waals surface area contributed by atoms with Crippen molar-refractivity contribution >= 4 is 41.0 Å². The van der Waals surface area contributed by atoms with Gasteiger partial charge < -0.3 is 10.2 Å². The molecule has 1 aliphatic rings. The Morgan fingerprint density at radius 3 is 2.62 bits per heavy atom. The molecule has 1 heterocycles. The highest BCUT2D eigenvalue weighted by Crippen LogP contribution is 2.20. The molecule has 1 aromatic rings. The lowest BCUT2D eigenvalue weighted by Gasteiger charge is -2.30. The number of amides is 2. The van der Waals surface area contributed by atoms with Gasteiger partial charge in [-0.15, -0.1) is 0 Å². The maximum atomic E-state index is 13.1. The summed E-state index contributed by atoms with van der Waals surface area (Å²) in [4.78, 5) is 32.0. The van der Waals surface area contributed by atoms with Gasteiger partial charge in [0.15, 0.2) is 11.0 Å². The number of halogens is 1. The Labute approximate surface area is 145 Å². The third kappa shape index (κ3) is 4.42. The summed E-state index contributed by atoms with van der Waals surface area (Å²) in [6.07, 6.45) is 2.18. The van der Waals surface area contributed by atoms with E-state index in [1.807, 2.05) is 19.0 Å². The van der Waals surface area contributed by atoms with Crippen molar-refractivity contribution in [1.29, 1.82) is 0 Å². The highest BCUT2D eigenvalue weighted by molar-refractivity contribution is 7.80. The van der Waals surface area contributed by atoms with Crippen molar-refractivity contribution in [2.24, 2.45) is 10.9 Å². The number of nitrogens with one attached hydrogen (secondary N) is 1. The molecule has 1 aromatic carbocycles. The number of hydrogen-bond donors (Lipinski definition) is 1. The SMILES string of the molecule is CN(C)CCCN=CC1C(=O)NC(=S)N(c2ccc(F)cc2)C1=O. The van der Waals surface area contributed by atoms with Gasteiger partial charge in [-0.05, 0) is 63.5 Å². The van der Waals surface area contributed by atoms with Crippen molar-refractivity contribution in [3.8, 4) is 0 Å². The number of hydrogen-bond acceptors (Lipinski definition) is 5. The monoisotopic (exact) mass is 350 g/mol. The number of carbonyl (C=O) groups is 2. The summed E-state index contributed by atoms with van der Waals surface area (Å²) in [5.41, 5.74) is 0.400. The maximum absolute atomic E-state index is 13.1. The summed E-state index contributed by atoms with van der Waals surface area (Å²) in [5.74, 6) is -2.45. The summed E-state index contributed by atoms with van der Waals surface area (Å²) < 4.78 is 13.1. The number of nitrogens with zero attached hydrogens (tertiary/aromatic N) is 3. The van der Waals surface area contributed by atoms with Crippen molar-refractivity contribution in [3.05, 3.63) is 30.1 Å². The van der Waals surface area contributed by atoms with Gasteiger partial charge in [0.25, 0.3) is 5.91 Å². The van der Waals surface area contributed by atoms with Gasteiger partial charge in [0.1, 0.15) is 5.82 Å². The largest absolute Gasteiger partial charge is 0.309 e. The van der Waals surface area contributed by atoms with E-state index >= 15 is 0 Å². The Morgan fingerprint density at radius 2 is 2.00 bits per heavy atom.